The highest BCUT2D eigenvalue weighted by molar-refractivity contribution is 7.94. The third-order valence-electron chi connectivity index (χ3n) is 4.36. The maximum absolute atomic E-state index is 12.7. The van der Waals surface area contributed by atoms with Crippen molar-refractivity contribution in [2.45, 2.75) is 6.92 Å². The average Bonchev–Trinajstić information content (AvgIpc) is 2.88. The summed E-state index contributed by atoms with van der Waals surface area (Å²) in [6, 6.07) is 10.9. The number of hydrogen-bond donors (Lipinski definition) is 1. The molecule has 0 aromatic heterocycles. The number of rotatable bonds is 5. The zero-order valence-electron chi connectivity index (χ0n) is 15.6. The smallest absolute Gasteiger partial charge is 0.255 e. The number of ether oxygens (including phenoxy) is 2. The van der Waals surface area contributed by atoms with Crippen molar-refractivity contribution in [3.8, 4) is 11.5 Å². The number of carbonyl (C=O) groups is 2. The van der Waals surface area contributed by atoms with E-state index in [-0.39, 0.29) is 17.0 Å². The van der Waals surface area contributed by atoms with Gasteiger partial charge in [0.15, 0.2) is 0 Å². The van der Waals surface area contributed by atoms with Crippen LogP contribution in [-0.2, 0) is 14.8 Å². The fourth-order valence-electron chi connectivity index (χ4n) is 2.97. The molecule has 1 aliphatic rings. The first kappa shape index (κ1) is 19.7. The number of sulfonamides is 1. The van der Waals surface area contributed by atoms with Gasteiger partial charge in [0, 0.05) is 11.6 Å². The van der Waals surface area contributed by atoms with Gasteiger partial charge in [0.2, 0.25) is 15.9 Å². The van der Waals surface area contributed by atoms with Crippen molar-refractivity contribution in [3.63, 3.8) is 0 Å². The van der Waals surface area contributed by atoms with Crippen LogP contribution in [0.1, 0.15) is 17.3 Å². The number of amides is 2. The fourth-order valence-corrected chi connectivity index (χ4v) is 4.78. The Balaban J connectivity index is 1.91. The van der Waals surface area contributed by atoms with Gasteiger partial charge < -0.3 is 14.8 Å². The first-order chi connectivity index (χ1) is 13.3. The Morgan fingerprint density at radius 2 is 1.89 bits per heavy atom. The Bertz CT molecular complexity index is 1030. The third-order valence-corrected chi connectivity index (χ3v) is 6.23. The molecule has 1 saturated heterocycles. The number of methoxy groups -OCH3 is 2. The second kappa shape index (κ2) is 7.51. The Morgan fingerprint density at radius 1 is 1.14 bits per heavy atom. The fraction of sp³-hybridized carbons (Fsp3) is 0.263. The molecule has 1 fully saturated rings. The van der Waals surface area contributed by atoms with Crippen LogP contribution in [0.5, 0.6) is 11.5 Å². The zero-order valence-corrected chi connectivity index (χ0v) is 16.4. The molecular formula is C19H20N2O6S. The predicted octanol–water partition coefficient (Wildman–Crippen LogP) is 2.27. The van der Waals surface area contributed by atoms with Gasteiger partial charge in [0.25, 0.3) is 5.91 Å². The lowest BCUT2D eigenvalue weighted by molar-refractivity contribution is -0.119. The minimum atomic E-state index is -3.74. The molecule has 1 heterocycles. The predicted molar refractivity (Wildman–Crippen MR) is 104 cm³/mol. The molecule has 0 bridgehead atoms. The summed E-state index contributed by atoms with van der Waals surface area (Å²) in [6.45, 7) is 1.56. The molecular weight excluding hydrogens is 384 g/mol. The van der Waals surface area contributed by atoms with Gasteiger partial charge in [-0.05, 0) is 30.3 Å². The second-order valence-corrected chi connectivity index (χ2v) is 8.22. The number of hydrogen-bond acceptors (Lipinski definition) is 6. The van der Waals surface area contributed by atoms with Crippen LogP contribution in [0.2, 0.25) is 0 Å². The van der Waals surface area contributed by atoms with Gasteiger partial charge >= 0.3 is 0 Å². The minimum absolute atomic E-state index is 0.139. The van der Waals surface area contributed by atoms with Gasteiger partial charge in [-0.25, -0.2) is 12.7 Å². The lowest BCUT2D eigenvalue weighted by atomic mass is 10.1. The highest BCUT2D eigenvalue weighted by atomic mass is 32.2. The van der Waals surface area contributed by atoms with Crippen molar-refractivity contribution in [3.05, 3.63) is 48.0 Å². The van der Waals surface area contributed by atoms with Gasteiger partial charge in [-0.2, -0.15) is 0 Å². The van der Waals surface area contributed by atoms with Crippen LogP contribution < -0.4 is 19.1 Å². The summed E-state index contributed by atoms with van der Waals surface area (Å²) in [5.41, 5.74) is 0.736. The van der Waals surface area contributed by atoms with Crippen molar-refractivity contribution in [1.82, 2.24) is 0 Å². The van der Waals surface area contributed by atoms with E-state index in [0.29, 0.717) is 17.2 Å². The summed E-state index contributed by atoms with van der Waals surface area (Å²) in [4.78, 5) is 25.0. The zero-order chi connectivity index (χ0) is 20.5. The van der Waals surface area contributed by atoms with Crippen LogP contribution in [0.25, 0.3) is 0 Å². The van der Waals surface area contributed by atoms with Gasteiger partial charge in [-0.3, -0.25) is 9.59 Å². The van der Waals surface area contributed by atoms with Crippen LogP contribution in [0.15, 0.2) is 42.5 Å². The van der Waals surface area contributed by atoms with E-state index in [2.05, 4.69) is 5.32 Å². The molecule has 1 N–H and O–H groups in total. The molecule has 8 nitrogen and oxygen atoms in total. The van der Waals surface area contributed by atoms with Gasteiger partial charge in [-0.15, -0.1) is 0 Å². The van der Waals surface area contributed by atoms with Crippen LogP contribution in [0.3, 0.4) is 0 Å². The Kier molecular flexibility index (Phi) is 5.28. The summed E-state index contributed by atoms with van der Waals surface area (Å²) >= 11 is 0. The van der Waals surface area contributed by atoms with Crippen molar-refractivity contribution in [2.75, 3.05) is 29.6 Å². The van der Waals surface area contributed by atoms with Crippen LogP contribution in [0.4, 0.5) is 11.4 Å². The van der Waals surface area contributed by atoms with E-state index in [4.69, 9.17) is 9.47 Å². The summed E-state index contributed by atoms with van der Waals surface area (Å²) in [5.74, 6) is -0.881. The maximum atomic E-state index is 12.7. The number of nitrogens with one attached hydrogen (secondary N) is 1. The van der Waals surface area contributed by atoms with E-state index >= 15 is 0 Å². The van der Waals surface area contributed by atoms with E-state index in [1.807, 2.05) is 0 Å². The Morgan fingerprint density at radius 3 is 2.50 bits per heavy atom. The van der Waals surface area contributed by atoms with Crippen LogP contribution in [-0.4, -0.2) is 40.2 Å². The number of benzene rings is 2. The highest BCUT2D eigenvalue weighted by Crippen LogP contribution is 2.31. The molecule has 2 amide bonds. The van der Waals surface area contributed by atoms with E-state index < -0.39 is 27.8 Å². The average molecular weight is 404 g/mol. The lowest BCUT2D eigenvalue weighted by Crippen LogP contribution is -2.30. The minimum Gasteiger partial charge on any atom is -0.497 e. The van der Waals surface area contributed by atoms with Crippen molar-refractivity contribution in [2.24, 2.45) is 5.92 Å². The Hall–Kier alpha value is -3.07. The molecule has 9 heteroatoms. The summed E-state index contributed by atoms with van der Waals surface area (Å²) in [7, 11) is -0.763. The molecule has 1 aliphatic heterocycles. The topological polar surface area (TPSA) is 102 Å². The second-order valence-electron chi connectivity index (χ2n) is 6.35. The standard InChI is InChI=1S/C19H20N2O6S/c1-12-11-28(24,25)21(19(12)23)14-6-4-5-13(9-14)18(22)20-16-10-15(26-2)7-8-17(16)27-3/h4-10,12H,11H2,1-3H3,(H,20,22). The summed E-state index contributed by atoms with van der Waals surface area (Å²) in [6.07, 6.45) is 0. The summed E-state index contributed by atoms with van der Waals surface area (Å²) < 4.78 is 35.7. The molecule has 28 heavy (non-hydrogen) atoms. The van der Waals surface area contributed by atoms with Gasteiger partial charge in [0.05, 0.1) is 37.3 Å². The molecule has 1 unspecified atom stereocenters. The molecule has 2 aromatic carbocycles. The first-order valence-corrected chi connectivity index (χ1v) is 10.1. The largest absolute Gasteiger partial charge is 0.497 e. The lowest BCUT2D eigenvalue weighted by Gasteiger charge is -2.16. The number of carbonyl (C=O) groups excluding carboxylic acids is 2. The molecule has 0 aliphatic carbocycles. The molecule has 0 spiro atoms. The van der Waals surface area contributed by atoms with E-state index in [1.54, 1.807) is 25.1 Å². The molecule has 2 aromatic rings. The molecule has 148 valence electrons. The van der Waals surface area contributed by atoms with Gasteiger partial charge in [0.1, 0.15) is 11.5 Å². The number of nitrogens with zero attached hydrogens (tertiary/aromatic N) is 1. The maximum Gasteiger partial charge on any atom is 0.255 e. The molecule has 0 radical (unpaired) electrons. The van der Waals surface area contributed by atoms with Crippen LogP contribution in [0, 0.1) is 5.92 Å². The molecule has 1 atom stereocenters. The van der Waals surface area contributed by atoms with Gasteiger partial charge in [-0.1, -0.05) is 13.0 Å². The highest BCUT2D eigenvalue weighted by Gasteiger charge is 2.42. The van der Waals surface area contributed by atoms with Crippen molar-refractivity contribution in [1.29, 1.82) is 0 Å². The Labute approximate surface area is 163 Å². The number of anilines is 2. The van der Waals surface area contributed by atoms with E-state index in [1.165, 1.54) is 38.5 Å². The van der Waals surface area contributed by atoms with E-state index in [9.17, 15) is 18.0 Å². The van der Waals surface area contributed by atoms with Crippen molar-refractivity contribution < 1.29 is 27.5 Å². The SMILES string of the molecule is COc1ccc(OC)c(NC(=O)c2cccc(N3C(=O)C(C)CS3(=O)=O)c2)c1. The third kappa shape index (κ3) is 3.65. The summed E-state index contributed by atoms with van der Waals surface area (Å²) in [5, 5.41) is 2.71. The first-order valence-electron chi connectivity index (χ1n) is 8.47. The molecule has 0 saturated carbocycles. The quantitative estimate of drug-likeness (QED) is 0.820. The monoisotopic (exact) mass is 404 g/mol. The van der Waals surface area contributed by atoms with Crippen molar-refractivity contribution >= 4 is 33.2 Å². The van der Waals surface area contributed by atoms with Crippen LogP contribution >= 0.6 is 0 Å². The normalized spacial score (nSPS) is 18.0. The van der Waals surface area contributed by atoms with E-state index in [0.717, 1.165) is 4.31 Å². The molecule has 3 rings (SSSR count).